The van der Waals surface area contributed by atoms with Gasteiger partial charge in [0.2, 0.25) is 0 Å². The summed E-state index contributed by atoms with van der Waals surface area (Å²) in [6.45, 7) is 6.71. The lowest BCUT2D eigenvalue weighted by molar-refractivity contribution is 0.454. The Balaban J connectivity index is 2.01. The molecular weight excluding hydrogens is 202 g/mol. The zero-order valence-electron chi connectivity index (χ0n) is 9.75. The van der Waals surface area contributed by atoms with E-state index in [1.807, 2.05) is 11.3 Å². The predicted molar refractivity (Wildman–Crippen MR) is 67.7 cm³/mol. The SMILES string of the molecule is CCNCC1CCCC1c1ccc(C)s1. The van der Waals surface area contributed by atoms with Gasteiger partial charge in [-0.3, -0.25) is 0 Å². The van der Waals surface area contributed by atoms with Gasteiger partial charge in [0.05, 0.1) is 0 Å². The molecule has 0 aliphatic heterocycles. The van der Waals surface area contributed by atoms with Crippen molar-refractivity contribution < 1.29 is 0 Å². The van der Waals surface area contributed by atoms with Crippen LogP contribution in [0, 0.1) is 12.8 Å². The summed E-state index contributed by atoms with van der Waals surface area (Å²) in [4.78, 5) is 3.08. The van der Waals surface area contributed by atoms with Crippen LogP contribution in [0.3, 0.4) is 0 Å². The molecule has 1 nitrogen and oxygen atoms in total. The molecule has 2 rings (SSSR count). The molecule has 15 heavy (non-hydrogen) atoms. The fraction of sp³-hybridized carbons (Fsp3) is 0.692. The van der Waals surface area contributed by atoms with Gasteiger partial charge in [-0.25, -0.2) is 0 Å². The summed E-state index contributed by atoms with van der Waals surface area (Å²) in [5, 5.41) is 3.50. The molecule has 2 heteroatoms. The van der Waals surface area contributed by atoms with Crippen molar-refractivity contribution >= 4 is 11.3 Å². The van der Waals surface area contributed by atoms with Crippen LogP contribution < -0.4 is 5.32 Å². The third kappa shape index (κ3) is 2.61. The molecule has 0 radical (unpaired) electrons. The van der Waals surface area contributed by atoms with E-state index in [4.69, 9.17) is 0 Å². The molecular formula is C13H21NS. The summed E-state index contributed by atoms with van der Waals surface area (Å²) in [6.07, 6.45) is 4.22. The Morgan fingerprint density at radius 3 is 2.93 bits per heavy atom. The topological polar surface area (TPSA) is 12.0 Å². The van der Waals surface area contributed by atoms with Gasteiger partial charge >= 0.3 is 0 Å². The summed E-state index contributed by atoms with van der Waals surface area (Å²) in [5.74, 6) is 1.71. The first kappa shape index (κ1) is 11.2. The quantitative estimate of drug-likeness (QED) is 0.823. The second-order valence-corrected chi connectivity index (χ2v) is 5.87. The van der Waals surface area contributed by atoms with Crippen molar-refractivity contribution in [2.75, 3.05) is 13.1 Å². The molecule has 1 N–H and O–H groups in total. The van der Waals surface area contributed by atoms with E-state index in [0.29, 0.717) is 0 Å². The first-order valence-corrected chi connectivity index (χ1v) is 6.90. The number of rotatable bonds is 4. The number of hydrogen-bond acceptors (Lipinski definition) is 2. The van der Waals surface area contributed by atoms with Crippen molar-refractivity contribution in [3.8, 4) is 0 Å². The predicted octanol–water partition coefficient (Wildman–Crippen LogP) is 3.55. The van der Waals surface area contributed by atoms with E-state index >= 15 is 0 Å². The van der Waals surface area contributed by atoms with E-state index in [9.17, 15) is 0 Å². The maximum absolute atomic E-state index is 3.50. The highest BCUT2D eigenvalue weighted by molar-refractivity contribution is 7.12. The summed E-state index contributed by atoms with van der Waals surface area (Å²) < 4.78 is 0. The van der Waals surface area contributed by atoms with Crippen molar-refractivity contribution in [2.45, 2.75) is 39.0 Å². The maximum Gasteiger partial charge on any atom is 0.00822 e. The highest BCUT2D eigenvalue weighted by Crippen LogP contribution is 2.41. The van der Waals surface area contributed by atoms with Gasteiger partial charge in [-0.15, -0.1) is 11.3 Å². The van der Waals surface area contributed by atoms with Crippen LogP contribution in [0.4, 0.5) is 0 Å². The molecule has 0 bridgehead atoms. The monoisotopic (exact) mass is 223 g/mol. The van der Waals surface area contributed by atoms with Crippen molar-refractivity contribution in [1.82, 2.24) is 5.32 Å². The van der Waals surface area contributed by atoms with Gasteiger partial charge in [0.25, 0.3) is 0 Å². The molecule has 1 fully saturated rings. The van der Waals surface area contributed by atoms with Gasteiger partial charge in [-0.1, -0.05) is 13.3 Å². The molecule has 0 amide bonds. The first-order chi connectivity index (χ1) is 7.31. The van der Waals surface area contributed by atoms with Crippen molar-refractivity contribution in [3.63, 3.8) is 0 Å². The number of hydrogen-bond donors (Lipinski definition) is 1. The van der Waals surface area contributed by atoms with Gasteiger partial charge in [-0.2, -0.15) is 0 Å². The minimum Gasteiger partial charge on any atom is -0.317 e. The Labute approximate surface area is 96.9 Å². The van der Waals surface area contributed by atoms with Gasteiger partial charge < -0.3 is 5.32 Å². The molecule has 2 unspecified atom stereocenters. The Morgan fingerprint density at radius 1 is 1.40 bits per heavy atom. The van der Waals surface area contributed by atoms with E-state index < -0.39 is 0 Å². The van der Waals surface area contributed by atoms with Gasteiger partial charge in [0.1, 0.15) is 0 Å². The summed E-state index contributed by atoms with van der Waals surface area (Å²) >= 11 is 1.99. The number of thiophene rings is 1. The van der Waals surface area contributed by atoms with Crippen molar-refractivity contribution in [3.05, 3.63) is 21.9 Å². The molecule has 0 saturated heterocycles. The standard InChI is InChI=1S/C13H21NS/c1-3-14-9-11-5-4-6-12(11)13-8-7-10(2)15-13/h7-8,11-12,14H,3-6,9H2,1-2H3. The lowest BCUT2D eigenvalue weighted by Crippen LogP contribution is -2.23. The van der Waals surface area contributed by atoms with Crippen LogP contribution in [0.15, 0.2) is 12.1 Å². The Bertz CT molecular complexity index is 305. The molecule has 1 aliphatic carbocycles. The largest absolute Gasteiger partial charge is 0.317 e. The highest BCUT2D eigenvalue weighted by Gasteiger charge is 2.28. The van der Waals surface area contributed by atoms with Crippen LogP contribution in [-0.4, -0.2) is 13.1 Å². The average Bonchev–Trinajstić information content (AvgIpc) is 2.82. The molecule has 0 spiro atoms. The molecule has 84 valence electrons. The molecule has 0 aromatic carbocycles. The second kappa shape index (κ2) is 5.13. The van der Waals surface area contributed by atoms with Crippen LogP contribution in [0.25, 0.3) is 0 Å². The Morgan fingerprint density at radius 2 is 2.27 bits per heavy atom. The van der Waals surface area contributed by atoms with Crippen LogP contribution in [-0.2, 0) is 0 Å². The average molecular weight is 223 g/mol. The van der Waals surface area contributed by atoms with Crippen LogP contribution in [0.2, 0.25) is 0 Å². The number of aryl methyl sites for hydroxylation is 1. The first-order valence-electron chi connectivity index (χ1n) is 6.08. The summed E-state index contributed by atoms with van der Waals surface area (Å²) in [7, 11) is 0. The molecule has 1 aliphatic rings. The summed E-state index contributed by atoms with van der Waals surface area (Å²) in [6, 6.07) is 4.61. The van der Waals surface area contributed by atoms with Crippen LogP contribution in [0.5, 0.6) is 0 Å². The molecule has 2 atom stereocenters. The minimum atomic E-state index is 0.836. The van der Waals surface area contributed by atoms with Gasteiger partial charge in [0, 0.05) is 9.75 Å². The fourth-order valence-corrected chi connectivity index (χ4v) is 3.74. The third-order valence-electron chi connectivity index (χ3n) is 3.44. The van der Waals surface area contributed by atoms with Crippen LogP contribution in [0.1, 0.15) is 41.9 Å². The molecule has 1 aromatic heterocycles. The van der Waals surface area contributed by atoms with E-state index in [1.165, 1.54) is 30.7 Å². The van der Waals surface area contributed by atoms with Crippen LogP contribution >= 0.6 is 11.3 Å². The smallest absolute Gasteiger partial charge is 0.00822 e. The Kier molecular flexibility index (Phi) is 3.81. The van der Waals surface area contributed by atoms with E-state index in [-0.39, 0.29) is 0 Å². The van der Waals surface area contributed by atoms with Gasteiger partial charge in [-0.05, 0) is 56.8 Å². The Hall–Kier alpha value is -0.340. The lowest BCUT2D eigenvalue weighted by Gasteiger charge is -2.18. The minimum absolute atomic E-state index is 0.836. The van der Waals surface area contributed by atoms with Crippen molar-refractivity contribution in [1.29, 1.82) is 0 Å². The second-order valence-electron chi connectivity index (χ2n) is 4.55. The maximum atomic E-state index is 3.50. The fourth-order valence-electron chi connectivity index (χ4n) is 2.64. The zero-order valence-corrected chi connectivity index (χ0v) is 10.6. The van der Waals surface area contributed by atoms with Crippen molar-refractivity contribution in [2.24, 2.45) is 5.92 Å². The normalized spacial score (nSPS) is 26.0. The van der Waals surface area contributed by atoms with Gasteiger partial charge in [0.15, 0.2) is 0 Å². The molecule has 1 saturated carbocycles. The molecule has 1 aromatic rings. The summed E-state index contributed by atoms with van der Waals surface area (Å²) in [5.41, 5.74) is 0. The van der Waals surface area contributed by atoms with E-state index in [0.717, 1.165) is 18.4 Å². The molecule has 1 heterocycles. The lowest BCUT2D eigenvalue weighted by atomic mass is 9.94. The number of nitrogens with one attached hydrogen (secondary N) is 1. The third-order valence-corrected chi connectivity index (χ3v) is 4.57. The zero-order chi connectivity index (χ0) is 10.7. The van der Waals surface area contributed by atoms with E-state index in [2.05, 4.69) is 31.3 Å². The highest BCUT2D eigenvalue weighted by atomic mass is 32.1. The van der Waals surface area contributed by atoms with E-state index in [1.54, 1.807) is 4.88 Å².